The van der Waals surface area contributed by atoms with E-state index in [-0.39, 0.29) is 10.3 Å². The molecular weight excluding hydrogens is 480 g/mol. The van der Waals surface area contributed by atoms with Crippen molar-refractivity contribution in [1.82, 2.24) is 14.5 Å². The van der Waals surface area contributed by atoms with Gasteiger partial charge in [-0.05, 0) is 47.7 Å². The number of sulfonamides is 1. The molecule has 2 aromatic rings. The number of hydrogen-bond acceptors (Lipinski definition) is 5. The van der Waals surface area contributed by atoms with Crippen molar-refractivity contribution < 1.29 is 22.8 Å². The summed E-state index contributed by atoms with van der Waals surface area (Å²) in [6.07, 6.45) is 0. The molecule has 1 aliphatic rings. The third-order valence-electron chi connectivity index (χ3n) is 6.39. The van der Waals surface area contributed by atoms with Crippen molar-refractivity contribution in [2.75, 3.05) is 25.0 Å². The van der Waals surface area contributed by atoms with Crippen LogP contribution >= 0.6 is 0 Å². The molecule has 194 valence electrons. The second kappa shape index (κ2) is 10.0. The predicted octanol–water partition coefficient (Wildman–Crippen LogP) is 3.42. The van der Waals surface area contributed by atoms with E-state index < -0.39 is 40.0 Å². The van der Waals surface area contributed by atoms with Crippen LogP contribution in [0.15, 0.2) is 53.4 Å². The smallest absolute Gasteiger partial charge is 0.325 e. The highest BCUT2D eigenvalue weighted by molar-refractivity contribution is 7.89. The van der Waals surface area contributed by atoms with Gasteiger partial charge in [0.25, 0.3) is 5.91 Å². The van der Waals surface area contributed by atoms with Gasteiger partial charge in [-0.2, -0.15) is 4.31 Å². The van der Waals surface area contributed by atoms with Crippen molar-refractivity contribution in [1.29, 1.82) is 0 Å². The monoisotopic (exact) mass is 514 g/mol. The van der Waals surface area contributed by atoms with Gasteiger partial charge in [0.1, 0.15) is 12.1 Å². The van der Waals surface area contributed by atoms with Crippen molar-refractivity contribution in [3.8, 4) is 0 Å². The van der Waals surface area contributed by atoms with E-state index in [1.54, 1.807) is 20.8 Å². The molecule has 2 N–H and O–H groups in total. The van der Waals surface area contributed by atoms with Crippen LogP contribution in [0.5, 0.6) is 0 Å². The summed E-state index contributed by atoms with van der Waals surface area (Å²) in [5, 5.41) is 5.32. The lowest BCUT2D eigenvalue weighted by molar-refractivity contribution is -0.133. The second-order valence-electron chi connectivity index (χ2n) is 9.94. The Balaban J connectivity index is 1.70. The van der Waals surface area contributed by atoms with Crippen LogP contribution < -0.4 is 10.6 Å². The molecule has 1 heterocycles. The first kappa shape index (κ1) is 27.3. The summed E-state index contributed by atoms with van der Waals surface area (Å²) in [6.45, 7) is 11.6. The van der Waals surface area contributed by atoms with E-state index >= 15 is 0 Å². The highest BCUT2D eigenvalue weighted by atomic mass is 32.2. The van der Waals surface area contributed by atoms with E-state index in [2.05, 4.69) is 31.4 Å². The fourth-order valence-electron chi connectivity index (χ4n) is 4.11. The van der Waals surface area contributed by atoms with Crippen molar-refractivity contribution in [2.24, 2.45) is 0 Å². The van der Waals surface area contributed by atoms with Gasteiger partial charge in [-0.3, -0.25) is 14.5 Å². The van der Waals surface area contributed by atoms with E-state index in [9.17, 15) is 22.8 Å². The summed E-state index contributed by atoms with van der Waals surface area (Å²) in [5.41, 5.74) is 0.737. The number of hydrogen-bond donors (Lipinski definition) is 2. The Morgan fingerprint density at radius 2 is 1.56 bits per heavy atom. The van der Waals surface area contributed by atoms with Crippen LogP contribution in [0.25, 0.3) is 0 Å². The highest BCUT2D eigenvalue weighted by Gasteiger charge is 2.49. The van der Waals surface area contributed by atoms with Gasteiger partial charge in [0, 0.05) is 18.8 Å². The lowest BCUT2D eigenvalue weighted by Gasteiger charge is -2.24. The van der Waals surface area contributed by atoms with Crippen molar-refractivity contribution in [2.45, 2.75) is 57.4 Å². The normalized spacial score (nSPS) is 18.5. The van der Waals surface area contributed by atoms with Crippen LogP contribution in [0.2, 0.25) is 0 Å². The minimum atomic E-state index is -3.62. The first-order chi connectivity index (χ1) is 16.7. The molecular formula is C26H34N4O5S. The van der Waals surface area contributed by atoms with Crippen LogP contribution in [0.1, 0.15) is 52.7 Å². The number of anilines is 1. The van der Waals surface area contributed by atoms with E-state index in [0.717, 1.165) is 10.5 Å². The average Bonchev–Trinajstić information content (AvgIpc) is 3.03. The lowest BCUT2D eigenvalue weighted by atomic mass is 9.84. The standard InChI is InChI=1S/C26H34N4O5S/c1-7-29(8-2)36(34,35)21-15-13-20(14-16-21)27-22(31)17-30-23(32)26(6,28-24(30)33)19-11-9-18(10-12-19)25(3,4)5/h9-16H,7-8,17H2,1-6H3,(H,27,31)(H,28,33). The van der Waals surface area contributed by atoms with Crippen molar-refractivity contribution >= 4 is 33.6 Å². The predicted molar refractivity (Wildman–Crippen MR) is 138 cm³/mol. The zero-order chi connectivity index (χ0) is 26.9. The quantitative estimate of drug-likeness (QED) is 0.524. The van der Waals surface area contributed by atoms with Crippen LogP contribution in [-0.4, -0.2) is 55.1 Å². The minimum absolute atomic E-state index is 0.0553. The van der Waals surface area contributed by atoms with Gasteiger partial charge < -0.3 is 10.6 Å². The first-order valence-corrected chi connectivity index (χ1v) is 13.3. The number of amides is 4. The number of benzene rings is 2. The number of imide groups is 1. The zero-order valence-electron chi connectivity index (χ0n) is 21.6. The van der Waals surface area contributed by atoms with Crippen LogP contribution in [0, 0.1) is 0 Å². The molecule has 1 fully saturated rings. The summed E-state index contributed by atoms with van der Waals surface area (Å²) < 4.78 is 26.6. The summed E-state index contributed by atoms with van der Waals surface area (Å²) in [4.78, 5) is 39.4. The molecule has 2 aromatic carbocycles. The zero-order valence-corrected chi connectivity index (χ0v) is 22.4. The molecule has 1 atom stereocenters. The molecule has 9 nitrogen and oxygen atoms in total. The maximum atomic E-state index is 13.2. The lowest BCUT2D eigenvalue weighted by Crippen LogP contribution is -2.42. The number of carbonyl (C=O) groups excluding carboxylic acids is 3. The van der Waals surface area contributed by atoms with Crippen LogP contribution in [0.3, 0.4) is 0 Å². The Labute approximate surface area is 212 Å². The van der Waals surface area contributed by atoms with E-state index in [0.29, 0.717) is 24.3 Å². The number of carbonyl (C=O) groups is 3. The van der Waals surface area contributed by atoms with Crippen molar-refractivity contribution in [3.63, 3.8) is 0 Å². The Morgan fingerprint density at radius 1 is 1.00 bits per heavy atom. The number of nitrogens with zero attached hydrogens (tertiary/aromatic N) is 2. The maximum absolute atomic E-state index is 13.2. The van der Waals surface area contributed by atoms with Gasteiger partial charge in [0.15, 0.2) is 0 Å². The fourth-order valence-corrected chi connectivity index (χ4v) is 5.56. The molecule has 4 amide bonds. The highest BCUT2D eigenvalue weighted by Crippen LogP contribution is 2.31. The molecule has 0 saturated carbocycles. The molecule has 0 bridgehead atoms. The molecule has 0 aromatic heterocycles. The third kappa shape index (κ3) is 5.29. The second-order valence-corrected chi connectivity index (χ2v) is 11.9. The summed E-state index contributed by atoms with van der Waals surface area (Å²) in [5.74, 6) is -1.10. The molecule has 0 aliphatic carbocycles. The van der Waals surface area contributed by atoms with Gasteiger partial charge in [0.2, 0.25) is 15.9 Å². The van der Waals surface area contributed by atoms with E-state index in [4.69, 9.17) is 0 Å². The molecule has 0 radical (unpaired) electrons. The SMILES string of the molecule is CCN(CC)S(=O)(=O)c1ccc(NC(=O)CN2C(=O)NC(C)(c3ccc(C(C)(C)C)cc3)C2=O)cc1. The topological polar surface area (TPSA) is 116 Å². The Bertz CT molecular complexity index is 1250. The largest absolute Gasteiger partial charge is 0.325 e. The minimum Gasteiger partial charge on any atom is -0.325 e. The molecule has 0 spiro atoms. The summed E-state index contributed by atoms with van der Waals surface area (Å²) in [7, 11) is -3.62. The van der Waals surface area contributed by atoms with Gasteiger partial charge in [-0.1, -0.05) is 58.9 Å². The number of urea groups is 1. The van der Waals surface area contributed by atoms with Crippen LogP contribution in [-0.2, 0) is 30.6 Å². The molecule has 1 aliphatic heterocycles. The van der Waals surface area contributed by atoms with E-state index in [1.165, 1.54) is 28.6 Å². The Morgan fingerprint density at radius 3 is 2.06 bits per heavy atom. The molecule has 10 heteroatoms. The summed E-state index contributed by atoms with van der Waals surface area (Å²) in [6, 6.07) is 12.6. The molecule has 1 unspecified atom stereocenters. The average molecular weight is 515 g/mol. The van der Waals surface area contributed by atoms with E-state index in [1.807, 2.05) is 24.3 Å². The Kier molecular flexibility index (Phi) is 7.61. The Hall–Kier alpha value is -3.24. The van der Waals surface area contributed by atoms with Crippen LogP contribution in [0.4, 0.5) is 10.5 Å². The first-order valence-electron chi connectivity index (χ1n) is 11.9. The van der Waals surface area contributed by atoms with Gasteiger partial charge in [0.05, 0.1) is 4.90 Å². The number of rotatable bonds is 8. The molecule has 3 rings (SSSR count). The molecule has 36 heavy (non-hydrogen) atoms. The summed E-state index contributed by atoms with van der Waals surface area (Å²) >= 11 is 0. The van der Waals surface area contributed by atoms with Gasteiger partial charge in [-0.25, -0.2) is 13.2 Å². The van der Waals surface area contributed by atoms with Gasteiger partial charge in [-0.15, -0.1) is 0 Å². The van der Waals surface area contributed by atoms with Gasteiger partial charge >= 0.3 is 6.03 Å². The molecule has 1 saturated heterocycles. The van der Waals surface area contributed by atoms with Crippen molar-refractivity contribution in [3.05, 3.63) is 59.7 Å². The third-order valence-corrected chi connectivity index (χ3v) is 8.45. The fraction of sp³-hybridized carbons (Fsp3) is 0.423. The number of nitrogens with one attached hydrogen (secondary N) is 2. The maximum Gasteiger partial charge on any atom is 0.325 e.